The first-order valence-corrected chi connectivity index (χ1v) is 14.5. The van der Waals surface area contributed by atoms with Crippen molar-refractivity contribution in [1.29, 1.82) is 0 Å². The molecule has 1 saturated carbocycles. The zero-order chi connectivity index (χ0) is 25.1. The minimum absolute atomic E-state index is 0.00718. The number of piperidine rings is 1. The molecule has 36 heavy (non-hydrogen) atoms. The molecular weight excluding hydrogens is 468 g/mol. The summed E-state index contributed by atoms with van der Waals surface area (Å²) in [5.74, 6) is -0.122. The first-order chi connectivity index (χ1) is 17.5. The van der Waals surface area contributed by atoms with E-state index >= 15 is 0 Å². The lowest BCUT2D eigenvalue weighted by Crippen LogP contribution is -2.50. The third kappa shape index (κ3) is 5.39. The molecule has 1 aromatic carbocycles. The Bertz CT molecular complexity index is 1090. The molecule has 0 radical (unpaired) electrons. The first kappa shape index (κ1) is 25.1. The highest BCUT2D eigenvalue weighted by atomic mass is 32.1. The molecule has 6 heteroatoms. The van der Waals surface area contributed by atoms with E-state index in [0.717, 1.165) is 75.8 Å². The molecule has 0 spiro atoms. The fraction of sp³-hybridized carbons (Fsp3) is 0.533. The standard InChI is InChI=1S/C30H38N2O3S/c1-21-12-14-23(15-13-21)29(33)32(25-16-18-31(19-17-25)24-10-6-3-7-11-24)26-20-27(36-28(26)30(34)35)22-8-4-2-5-9-22/h3,6-8,10-11,20-21,23,25H,2,4-5,9,12-19H2,1H3,(H,34,35). The quantitative estimate of drug-likeness (QED) is 0.449. The molecule has 1 amide bonds. The molecule has 1 saturated heterocycles. The van der Waals surface area contributed by atoms with Crippen LogP contribution in [-0.2, 0) is 4.79 Å². The number of thiophene rings is 1. The SMILES string of the molecule is CC1CCC(C(=O)N(c2cc(C3=CCCCC3)sc2C(=O)O)C2CCN(c3ccccc3)CC2)CC1. The minimum atomic E-state index is -0.922. The molecule has 1 aromatic heterocycles. The summed E-state index contributed by atoms with van der Waals surface area (Å²) in [6.45, 7) is 4.00. The highest BCUT2D eigenvalue weighted by molar-refractivity contribution is 7.15. The molecule has 0 unspecified atom stereocenters. The number of allylic oxidation sites excluding steroid dienone is 2. The van der Waals surface area contributed by atoms with Crippen LogP contribution < -0.4 is 9.80 Å². The van der Waals surface area contributed by atoms with Gasteiger partial charge >= 0.3 is 5.97 Å². The van der Waals surface area contributed by atoms with Crippen molar-refractivity contribution in [1.82, 2.24) is 0 Å². The second kappa shape index (κ2) is 11.2. The van der Waals surface area contributed by atoms with Gasteiger partial charge in [0.2, 0.25) is 5.91 Å². The third-order valence-corrected chi connectivity index (χ3v) is 9.52. The summed E-state index contributed by atoms with van der Waals surface area (Å²) in [6, 6.07) is 12.5. The molecule has 5 nitrogen and oxygen atoms in total. The van der Waals surface area contributed by atoms with Gasteiger partial charge in [0.15, 0.2) is 0 Å². The summed E-state index contributed by atoms with van der Waals surface area (Å²) in [5, 5.41) is 10.2. The molecule has 192 valence electrons. The van der Waals surface area contributed by atoms with Crippen molar-refractivity contribution in [3.05, 3.63) is 52.2 Å². The van der Waals surface area contributed by atoms with Crippen molar-refractivity contribution < 1.29 is 14.7 Å². The fourth-order valence-corrected chi connectivity index (χ4v) is 7.21. The second-order valence-corrected chi connectivity index (χ2v) is 11.9. The predicted octanol–water partition coefficient (Wildman–Crippen LogP) is 7.23. The number of anilines is 2. The highest BCUT2D eigenvalue weighted by Crippen LogP contribution is 2.41. The summed E-state index contributed by atoms with van der Waals surface area (Å²) in [4.78, 5) is 32.2. The van der Waals surface area contributed by atoms with Gasteiger partial charge in [-0.15, -0.1) is 11.3 Å². The molecule has 1 aliphatic heterocycles. The van der Waals surface area contributed by atoms with Crippen LogP contribution in [0.4, 0.5) is 11.4 Å². The molecule has 0 bridgehead atoms. The van der Waals surface area contributed by atoms with Crippen molar-refractivity contribution in [2.24, 2.45) is 11.8 Å². The number of rotatable bonds is 6. The van der Waals surface area contributed by atoms with Gasteiger partial charge in [0, 0.05) is 35.6 Å². The number of hydrogen-bond acceptors (Lipinski definition) is 4. The van der Waals surface area contributed by atoms with E-state index < -0.39 is 5.97 Å². The smallest absolute Gasteiger partial charge is 0.348 e. The molecule has 2 heterocycles. The van der Waals surface area contributed by atoms with E-state index in [1.807, 2.05) is 17.0 Å². The number of hydrogen-bond donors (Lipinski definition) is 1. The number of benzene rings is 1. The van der Waals surface area contributed by atoms with E-state index in [1.54, 1.807) is 0 Å². The van der Waals surface area contributed by atoms with Gasteiger partial charge in [-0.1, -0.05) is 31.2 Å². The Labute approximate surface area is 218 Å². The van der Waals surface area contributed by atoms with Gasteiger partial charge in [0.1, 0.15) is 4.88 Å². The number of amides is 1. The van der Waals surface area contributed by atoms with Crippen LogP contribution in [0.15, 0.2) is 42.5 Å². The average molecular weight is 507 g/mol. The predicted molar refractivity (Wildman–Crippen MR) is 148 cm³/mol. The first-order valence-electron chi connectivity index (χ1n) is 13.7. The highest BCUT2D eigenvalue weighted by Gasteiger charge is 2.37. The van der Waals surface area contributed by atoms with Crippen LogP contribution in [0.5, 0.6) is 0 Å². The number of carbonyl (C=O) groups is 2. The number of aromatic carboxylic acids is 1. The van der Waals surface area contributed by atoms with Crippen molar-refractivity contribution in [2.75, 3.05) is 22.9 Å². The molecule has 2 aliphatic carbocycles. The minimum Gasteiger partial charge on any atom is -0.477 e. The molecule has 5 rings (SSSR count). The maximum absolute atomic E-state index is 14.1. The van der Waals surface area contributed by atoms with Crippen molar-refractivity contribution >= 4 is 40.2 Å². The Morgan fingerprint density at radius 2 is 1.72 bits per heavy atom. The Hall–Kier alpha value is -2.60. The molecule has 2 aromatic rings. The van der Waals surface area contributed by atoms with E-state index in [1.165, 1.54) is 29.0 Å². The van der Waals surface area contributed by atoms with Crippen LogP contribution in [0.1, 0.15) is 85.7 Å². The molecule has 3 aliphatic rings. The fourth-order valence-electron chi connectivity index (χ4n) is 6.15. The lowest BCUT2D eigenvalue weighted by molar-refractivity contribution is -0.124. The molecular formula is C30H38N2O3S. The van der Waals surface area contributed by atoms with Crippen LogP contribution in [-0.4, -0.2) is 36.1 Å². The van der Waals surface area contributed by atoms with Crippen molar-refractivity contribution in [3.63, 3.8) is 0 Å². The van der Waals surface area contributed by atoms with Crippen LogP contribution in [0, 0.1) is 11.8 Å². The van der Waals surface area contributed by atoms with Gasteiger partial charge in [-0.2, -0.15) is 0 Å². The maximum Gasteiger partial charge on any atom is 0.348 e. The van der Waals surface area contributed by atoms with E-state index in [4.69, 9.17) is 0 Å². The normalized spacial score (nSPS) is 23.2. The third-order valence-electron chi connectivity index (χ3n) is 8.33. The van der Waals surface area contributed by atoms with Crippen LogP contribution in [0.2, 0.25) is 0 Å². The number of nitrogens with zero attached hydrogens (tertiary/aromatic N) is 2. The van der Waals surface area contributed by atoms with Gasteiger partial charge < -0.3 is 14.9 Å². The number of para-hydroxylation sites is 1. The van der Waals surface area contributed by atoms with E-state index in [-0.39, 0.29) is 17.9 Å². The molecule has 1 N–H and O–H groups in total. The number of carbonyl (C=O) groups excluding carboxylic acids is 1. The van der Waals surface area contributed by atoms with Crippen LogP contribution in [0.3, 0.4) is 0 Å². The van der Waals surface area contributed by atoms with E-state index in [2.05, 4.69) is 42.2 Å². The topological polar surface area (TPSA) is 60.9 Å². The maximum atomic E-state index is 14.1. The zero-order valence-electron chi connectivity index (χ0n) is 21.3. The number of carboxylic acid groups (broad SMARTS) is 1. The molecule has 0 atom stereocenters. The lowest BCUT2D eigenvalue weighted by atomic mass is 9.82. The zero-order valence-corrected chi connectivity index (χ0v) is 22.1. The Balaban J connectivity index is 1.46. The largest absolute Gasteiger partial charge is 0.477 e. The average Bonchev–Trinajstić information content (AvgIpc) is 3.36. The summed E-state index contributed by atoms with van der Waals surface area (Å²) >= 11 is 1.36. The number of carboxylic acids is 1. The summed E-state index contributed by atoms with van der Waals surface area (Å²) < 4.78 is 0. The monoisotopic (exact) mass is 506 g/mol. The summed E-state index contributed by atoms with van der Waals surface area (Å²) in [6.07, 6.45) is 12.3. The Morgan fingerprint density at radius 1 is 1.00 bits per heavy atom. The Kier molecular flexibility index (Phi) is 7.80. The van der Waals surface area contributed by atoms with Crippen LogP contribution in [0.25, 0.3) is 5.57 Å². The Morgan fingerprint density at radius 3 is 2.36 bits per heavy atom. The van der Waals surface area contributed by atoms with Gasteiger partial charge in [0.05, 0.1) is 5.69 Å². The van der Waals surface area contributed by atoms with Crippen molar-refractivity contribution in [3.8, 4) is 0 Å². The summed E-state index contributed by atoms with van der Waals surface area (Å²) in [5.41, 5.74) is 3.09. The van der Waals surface area contributed by atoms with Gasteiger partial charge in [-0.05, 0) is 93.9 Å². The van der Waals surface area contributed by atoms with Gasteiger partial charge in [-0.25, -0.2) is 4.79 Å². The van der Waals surface area contributed by atoms with E-state index in [9.17, 15) is 14.7 Å². The second-order valence-electron chi connectivity index (χ2n) is 10.8. The van der Waals surface area contributed by atoms with Gasteiger partial charge in [0.25, 0.3) is 0 Å². The van der Waals surface area contributed by atoms with Crippen LogP contribution >= 0.6 is 11.3 Å². The van der Waals surface area contributed by atoms with E-state index in [0.29, 0.717) is 16.5 Å². The molecule has 2 fully saturated rings. The summed E-state index contributed by atoms with van der Waals surface area (Å²) in [7, 11) is 0. The van der Waals surface area contributed by atoms with Crippen molar-refractivity contribution in [2.45, 2.75) is 77.2 Å². The lowest BCUT2D eigenvalue weighted by Gasteiger charge is -2.41. The van der Waals surface area contributed by atoms with Gasteiger partial charge in [-0.3, -0.25) is 4.79 Å².